The van der Waals surface area contributed by atoms with Crippen molar-refractivity contribution in [1.29, 1.82) is 0 Å². The van der Waals surface area contributed by atoms with Crippen LogP contribution in [0.15, 0.2) is 42.5 Å². The fourth-order valence-electron chi connectivity index (χ4n) is 1.33. The molecule has 0 fully saturated rings. The van der Waals surface area contributed by atoms with Crippen LogP contribution in [-0.2, 0) is 0 Å². The summed E-state index contributed by atoms with van der Waals surface area (Å²) >= 11 is 3.31. The van der Waals surface area contributed by atoms with Gasteiger partial charge >= 0.3 is 0 Å². The molecule has 15 heavy (non-hydrogen) atoms. The highest BCUT2D eigenvalue weighted by Gasteiger charge is 2.02. The highest BCUT2D eigenvalue weighted by molar-refractivity contribution is 9.09. The lowest BCUT2D eigenvalue weighted by Crippen LogP contribution is -1.97. The molecule has 0 aliphatic rings. The van der Waals surface area contributed by atoms with Crippen molar-refractivity contribution in [3.05, 3.63) is 48.0 Å². The van der Waals surface area contributed by atoms with Crippen LogP contribution in [0.5, 0.6) is 0 Å². The maximum absolute atomic E-state index is 11.6. The molecule has 0 N–H and O–H groups in total. The van der Waals surface area contributed by atoms with Crippen LogP contribution >= 0.6 is 15.9 Å². The first-order chi connectivity index (χ1) is 7.34. The molecule has 0 atom stereocenters. The molecule has 0 saturated heterocycles. The lowest BCUT2D eigenvalue weighted by Gasteiger charge is -1.98. The molecular formula is C13H15BrO. The first-order valence-corrected chi connectivity index (χ1v) is 6.26. The first kappa shape index (κ1) is 12.2. The van der Waals surface area contributed by atoms with E-state index in [0.29, 0.717) is 6.42 Å². The number of unbranched alkanes of at least 4 members (excludes halogenated alkanes) is 1. The van der Waals surface area contributed by atoms with Crippen LogP contribution in [0.25, 0.3) is 0 Å². The molecule has 0 aliphatic heterocycles. The average molecular weight is 267 g/mol. The molecule has 1 rings (SSSR count). The number of rotatable bonds is 6. The Labute approximate surface area is 99.3 Å². The molecule has 0 saturated carbocycles. The molecule has 0 unspecified atom stereocenters. The number of halogens is 1. The van der Waals surface area contributed by atoms with Gasteiger partial charge in [-0.2, -0.15) is 0 Å². The van der Waals surface area contributed by atoms with Crippen LogP contribution in [-0.4, -0.2) is 11.1 Å². The highest BCUT2D eigenvalue weighted by Crippen LogP contribution is 2.06. The van der Waals surface area contributed by atoms with E-state index in [1.54, 1.807) is 0 Å². The number of ketones is 1. The van der Waals surface area contributed by atoms with Crippen LogP contribution in [0.4, 0.5) is 0 Å². The molecular weight excluding hydrogens is 252 g/mol. The second kappa shape index (κ2) is 7.41. The van der Waals surface area contributed by atoms with Crippen molar-refractivity contribution < 1.29 is 4.79 Å². The third-order valence-corrected chi connectivity index (χ3v) is 2.50. The van der Waals surface area contributed by atoms with Gasteiger partial charge in [-0.15, -0.1) is 0 Å². The Morgan fingerprint density at radius 1 is 1.20 bits per heavy atom. The van der Waals surface area contributed by atoms with Crippen LogP contribution in [0.1, 0.15) is 29.6 Å². The Kier molecular flexibility index (Phi) is 6.02. The Hall–Kier alpha value is -0.890. The van der Waals surface area contributed by atoms with Gasteiger partial charge in [0.1, 0.15) is 0 Å². The average Bonchev–Trinajstić information content (AvgIpc) is 2.30. The summed E-state index contributed by atoms with van der Waals surface area (Å²) in [6.45, 7) is 0. The minimum absolute atomic E-state index is 0.239. The third kappa shape index (κ3) is 4.93. The normalized spacial score (nSPS) is 10.7. The van der Waals surface area contributed by atoms with Crippen molar-refractivity contribution in [3.63, 3.8) is 0 Å². The lowest BCUT2D eigenvalue weighted by atomic mass is 10.1. The van der Waals surface area contributed by atoms with Crippen molar-refractivity contribution >= 4 is 21.7 Å². The van der Waals surface area contributed by atoms with Gasteiger partial charge in [0.25, 0.3) is 0 Å². The summed E-state index contributed by atoms with van der Waals surface area (Å²) in [5.41, 5.74) is 0.821. The van der Waals surface area contributed by atoms with Gasteiger partial charge in [0.2, 0.25) is 0 Å². The number of Topliss-reactive ketones (excluding diaryl/α,β-unsaturated/α-hetero) is 1. The maximum atomic E-state index is 11.6. The van der Waals surface area contributed by atoms with Crippen molar-refractivity contribution in [3.8, 4) is 0 Å². The number of alkyl halides is 1. The van der Waals surface area contributed by atoms with Gasteiger partial charge in [0.05, 0.1) is 0 Å². The standard InChI is InChI=1S/C13H15BrO/c14-11-7-2-1-6-10-13(15)12-8-4-3-5-9-12/h2-5,7-9H,1,6,10-11H2/b7-2+. The van der Waals surface area contributed by atoms with Gasteiger partial charge in [0.15, 0.2) is 5.78 Å². The molecule has 1 nitrogen and oxygen atoms in total. The van der Waals surface area contributed by atoms with Gasteiger partial charge in [-0.25, -0.2) is 0 Å². The third-order valence-electron chi connectivity index (χ3n) is 2.13. The summed E-state index contributed by atoms with van der Waals surface area (Å²) < 4.78 is 0. The summed E-state index contributed by atoms with van der Waals surface area (Å²) in [5, 5.41) is 0.889. The van der Waals surface area contributed by atoms with Gasteiger partial charge < -0.3 is 0 Å². The van der Waals surface area contributed by atoms with E-state index in [-0.39, 0.29) is 5.78 Å². The summed E-state index contributed by atoms with van der Waals surface area (Å²) in [6.07, 6.45) is 6.71. The summed E-state index contributed by atoms with van der Waals surface area (Å²) in [7, 11) is 0. The van der Waals surface area contributed by atoms with E-state index >= 15 is 0 Å². The summed E-state index contributed by atoms with van der Waals surface area (Å²) in [4.78, 5) is 11.6. The van der Waals surface area contributed by atoms with Crippen LogP contribution in [0.3, 0.4) is 0 Å². The minimum atomic E-state index is 0.239. The molecule has 0 amide bonds. The van der Waals surface area contributed by atoms with E-state index in [4.69, 9.17) is 0 Å². The fraction of sp³-hybridized carbons (Fsp3) is 0.308. The van der Waals surface area contributed by atoms with E-state index in [9.17, 15) is 4.79 Å². The fourth-order valence-corrected chi connectivity index (χ4v) is 1.59. The van der Waals surface area contributed by atoms with Crippen LogP contribution < -0.4 is 0 Å². The quantitative estimate of drug-likeness (QED) is 0.329. The smallest absolute Gasteiger partial charge is 0.162 e. The van der Waals surface area contributed by atoms with Crippen molar-refractivity contribution in [2.24, 2.45) is 0 Å². The van der Waals surface area contributed by atoms with Crippen LogP contribution in [0.2, 0.25) is 0 Å². The van der Waals surface area contributed by atoms with E-state index in [1.165, 1.54) is 0 Å². The van der Waals surface area contributed by atoms with Gasteiger partial charge in [0, 0.05) is 17.3 Å². The Balaban J connectivity index is 2.28. The monoisotopic (exact) mass is 266 g/mol. The van der Waals surface area contributed by atoms with E-state index in [1.807, 2.05) is 30.3 Å². The van der Waals surface area contributed by atoms with Crippen molar-refractivity contribution in [2.45, 2.75) is 19.3 Å². The number of allylic oxidation sites excluding steroid dienone is 2. The molecule has 0 radical (unpaired) electrons. The Morgan fingerprint density at radius 2 is 1.93 bits per heavy atom. The topological polar surface area (TPSA) is 17.1 Å². The predicted octanol–water partition coefficient (Wildman–Crippen LogP) is 3.99. The minimum Gasteiger partial charge on any atom is -0.294 e. The van der Waals surface area contributed by atoms with Gasteiger partial charge in [-0.1, -0.05) is 58.4 Å². The van der Waals surface area contributed by atoms with E-state index < -0.39 is 0 Å². The number of carbonyl (C=O) groups is 1. The number of benzene rings is 1. The van der Waals surface area contributed by atoms with Gasteiger partial charge in [-0.3, -0.25) is 4.79 Å². The molecule has 1 aromatic rings. The number of hydrogen-bond donors (Lipinski definition) is 0. The molecule has 0 aromatic heterocycles. The summed E-state index contributed by atoms with van der Waals surface area (Å²) in [5.74, 6) is 0.239. The lowest BCUT2D eigenvalue weighted by molar-refractivity contribution is 0.0980. The highest BCUT2D eigenvalue weighted by atomic mass is 79.9. The zero-order valence-corrected chi connectivity index (χ0v) is 10.2. The number of carbonyl (C=O) groups excluding carboxylic acids is 1. The van der Waals surface area contributed by atoms with Crippen molar-refractivity contribution in [1.82, 2.24) is 0 Å². The first-order valence-electron chi connectivity index (χ1n) is 5.14. The van der Waals surface area contributed by atoms with Crippen molar-refractivity contribution in [2.75, 3.05) is 5.33 Å². The molecule has 0 bridgehead atoms. The van der Waals surface area contributed by atoms with E-state index in [0.717, 1.165) is 23.7 Å². The molecule has 2 heteroatoms. The Bertz CT molecular complexity index is 317. The zero-order valence-electron chi connectivity index (χ0n) is 8.66. The largest absolute Gasteiger partial charge is 0.294 e. The Morgan fingerprint density at radius 3 is 2.60 bits per heavy atom. The molecule has 80 valence electrons. The predicted molar refractivity (Wildman–Crippen MR) is 67.6 cm³/mol. The number of hydrogen-bond acceptors (Lipinski definition) is 1. The molecule has 0 spiro atoms. The van der Waals surface area contributed by atoms with E-state index in [2.05, 4.69) is 28.1 Å². The molecule has 0 aliphatic carbocycles. The second-order valence-electron chi connectivity index (χ2n) is 3.31. The summed E-state index contributed by atoms with van der Waals surface area (Å²) in [6, 6.07) is 9.47. The molecule has 1 aromatic carbocycles. The molecule has 0 heterocycles. The maximum Gasteiger partial charge on any atom is 0.162 e. The zero-order chi connectivity index (χ0) is 10.9. The van der Waals surface area contributed by atoms with Gasteiger partial charge in [-0.05, 0) is 12.8 Å². The van der Waals surface area contributed by atoms with Crippen LogP contribution in [0, 0.1) is 0 Å². The second-order valence-corrected chi connectivity index (χ2v) is 3.95. The SMILES string of the molecule is O=C(CCC/C=C/CBr)c1ccccc1.